The number of hydrogen-bond donors (Lipinski definition) is 2. The zero-order valence-electron chi connectivity index (χ0n) is 9.49. The van der Waals surface area contributed by atoms with Gasteiger partial charge in [0.05, 0.1) is 26.0 Å². The number of ether oxygens (including phenoxy) is 1. The zero-order valence-corrected chi connectivity index (χ0v) is 9.49. The quantitative estimate of drug-likeness (QED) is 0.732. The van der Waals surface area contributed by atoms with Crippen LogP contribution >= 0.6 is 0 Å². The largest absolute Gasteiger partial charge is 0.494 e. The molecule has 2 N–H and O–H groups in total. The molecule has 16 heavy (non-hydrogen) atoms. The van der Waals surface area contributed by atoms with E-state index in [0.717, 1.165) is 6.42 Å². The highest BCUT2D eigenvalue weighted by molar-refractivity contribution is 5.80. The summed E-state index contributed by atoms with van der Waals surface area (Å²) in [5.41, 5.74) is 0. The third kappa shape index (κ3) is 4.12. The maximum absolute atomic E-state index is 11.2. The topological polar surface area (TPSA) is 76.1 Å². The predicted octanol–water partition coefficient (Wildman–Crippen LogP) is 0.423. The Morgan fingerprint density at radius 1 is 1.44 bits per heavy atom. The van der Waals surface area contributed by atoms with Crippen molar-refractivity contribution in [1.29, 1.82) is 0 Å². The molecule has 1 aromatic rings. The third-order valence-corrected chi connectivity index (χ3v) is 1.84. The molecule has 0 saturated heterocycles. The smallest absolute Gasteiger partial charge is 0.239 e. The number of amides is 1. The zero-order chi connectivity index (χ0) is 11.8. The number of nitrogens with zero attached hydrogens (tertiary/aromatic N) is 2. The number of carbonyl (C=O) groups is 1. The van der Waals surface area contributed by atoms with E-state index in [2.05, 4.69) is 20.6 Å². The lowest BCUT2D eigenvalue weighted by atomic mass is 10.4. The molecular formula is C10H16N4O2. The van der Waals surface area contributed by atoms with Gasteiger partial charge in [0.15, 0.2) is 5.75 Å². The van der Waals surface area contributed by atoms with Gasteiger partial charge >= 0.3 is 0 Å². The Hall–Kier alpha value is -1.85. The van der Waals surface area contributed by atoms with Crippen LogP contribution < -0.4 is 15.4 Å². The van der Waals surface area contributed by atoms with Gasteiger partial charge in [-0.3, -0.25) is 4.79 Å². The maximum atomic E-state index is 11.2. The van der Waals surface area contributed by atoms with E-state index in [0.29, 0.717) is 18.2 Å². The second-order valence-corrected chi connectivity index (χ2v) is 3.15. The molecule has 0 radical (unpaired) electrons. The molecule has 0 fully saturated rings. The summed E-state index contributed by atoms with van der Waals surface area (Å²) in [7, 11) is 1.55. The molecular weight excluding hydrogens is 208 g/mol. The van der Waals surface area contributed by atoms with Gasteiger partial charge in [-0.2, -0.15) is 0 Å². The van der Waals surface area contributed by atoms with Crippen LogP contribution in [0.4, 0.5) is 5.95 Å². The lowest BCUT2D eigenvalue weighted by Crippen LogP contribution is -2.30. The minimum atomic E-state index is -0.0683. The van der Waals surface area contributed by atoms with Crippen molar-refractivity contribution in [2.24, 2.45) is 0 Å². The summed E-state index contributed by atoms with van der Waals surface area (Å²) < 4.78 is 4.92. The number of hydrogen-bond acceptors (Lipinski definition) is 5. The fourth-order valence-electron chi connectivity index (χ4n) is 0.999. The molecule has 0 unspecified atom stereocenters. The van der Waals surface area contributed by atoms with E-state index >= 15 is 0 Å². The molecule has 1 amide bonds. The normalized spacial score (nSPS) is 9.62. The summed E-state index contributed by atoms with van der Waals surface area (Å²) in [5, 5.41) is 5.56. The molecule has 0 aliphatic heterocycles. The fraction of sp³-hybridized carbons (Fsp3) is 0.500. The summed E-state index contributed by atoms with van der Waals surface area (Å²) in [4.78, 5) is 19.2. The molecule has 1 rings (SSSR count). The van der Waals surface area contributed by atoms with Gasteiger partial charge in [0.2, 0.25) is 11.9 Å². The minimum Gasteiger partial charge on any atom is -0.494 e. The molecule has 0 atom stereocenters. The fourth-order valence-corrected chi connectivity index (χ4v) is 0.999. The molecule has 0 saturated carbocycles. The second-order valence-electron chi connectivity index (χ2n) is 3.15. The number of rotatable bonds is 6. The highest BCUT2D eigenvalue weighted by Gasteiger charge is 2.01. The SMILES string of the molecule is CCCNC(=O)CNc1ncc(OC)cn1. The highest BCUT2D eigenvalue weighted by Crippen LogP contribution is 2.06. The van der Waals surface area contributed by atoms with Crippen LogP contribution in [0.15, 0.2) is 12.4 Å². The van der Waals surface area contributed by atoms with E-state index < -0.39 is 0 Å². The van der Waals surface area contributed by atoms with Gasteiger partial charge in [-0.25, -0.2) is 9.97 Å². The summed E-state index contributed by atoms with van der Waals surface area (Å²) in [6.07, 6.45) is 4.00. The van der Waals surface area contributed by atoms with Gasteiger partial charge in [0.25, 0.3) is 0 Å². The first-order valence-electron chi connectivity index (χ1n) is 5.13. The number of carbonyl (C=O) groups excluding carboxylic acids is 1. The summed E-state index contributed by atoms with van der Waals surface area (Å²) in [6, 6.07) is 0. The molecule has 0 aromatic carbocycles. The molecule has 0 aliphatic rings. The van der Waals surface area contributed by atoms with Crippen molar-refractivity contribution in [3.8, 4) is 5.75 Å². The van der Waals surface area contributed by atoms with E-state index in [1.165, 1.54) is 0 Å². The van der Waals surface area contributed by atoms with Gasteiger partial charge in [0, 0.05) is 6.54 Å². The van der Waals surface area contributed by atoms with Gasteiger partial charge in [0.1, 0.15) is 0 Å². The van der Waals surface area contributed by atoms with Crippen LogP contribution in [0.2, 0.25) is 0 Å². The summed E-state index contributed by atoms with van der Waals surface area (Å²) >= 11 is 0. The van der Waals surface area contributed by atoms with Crippen LogP contribution in [0.25, 0.3) is 0 Å². The van der Waals surface area contributed by atoms with Gasteiger partial charge in [-0.05, 0) is 6.42 Å². The van der Waals surface area contributed by atoms with Crippen molar-refractivity contribution in [3.05, 3.63) is 12.4 Å². The molecule has 6 nitrogen and oxygen atoms in total. The highest BCUT2D eigenvalue weighted by atomic mass is 16.5. The Morgan fingerprint density at radius 3 is 2.69 bits per heavy atom. The Bertz CT molecular complexity index is 326. The lowest BCUT2D eigenvalue weighted by Gasteiger charge is -2.05. The average molecular weight is 224 g/mol. The molecule has 1 aromatic heterocycles. The van der Waals surface area contributed by atoms with E-state index in [-0.39, 0.29) is 12.5 Å². The number of anilines is 1. The Labute approximate surface area is 94.4 Å². The van der Waals surface area contributed by atoms with Crippen LogP contribution in [-0.4, -0.2) is 36.1 Å². The van der Waals surface area contributed by atoms with Gasteiger partial charge in [-0.1, -0.05) is 6.92 Å². The number of methoxy groups -OCH3 is 1. The Balaban J connectivity index is 2.33. The molecule has 6 heteroatoms. The van der Waals surface area contributed by atoms with Crippen molar-refractivity contribution in [1.82, 2.24) is 15.3 Å². The van der Waals surface area contributed by atoms with Gasteiger partial charge < -0.3 is 15.4 Å². The molecule has 1 heterocycles. The molecule has 88 valence electrons. The van der Waals surface area contributed by atoms with Crippen LogP contribution in [0, 0.1) is 0 Å². The van der Waals surface area contributed by atoms with Crippen molar-refractivity contribution in [2.75, 3.05) is 25.5 Å². The van der Waals surface area contributed by atoms with E-state index in [1.54, 1.807) is 19.5 Å². The first kappa shape index (κ1) is 12.2. The van der Waals surface area contributed by atoms with E-state index in [9.17, 15) is 4.79 Å². The van der Waals surface area contributed by atoms with Crippen molar-refractivity contribution < 1.29 is 9.53 Å². The lowest BCUT2D eigenvalue weighted by molar-refractivity contribution is -0.119. The predicted molar refractivity (Wildman–Crippen MR) is 60.4 cm³/mol. The van der Waals surface area contributed by atoms with Crippen LogP contribution in [0.5, 0.6) is 5.75 Å². The molecule has 0 aliphatic carbocycles. The number of aromatic nitrogens is 2. The van der Waals surface area contributed by atoms with Crippen molar-refractivity contribution in [3.63, 3.8) is 0 Å². The summed E-state index contributed by atoms with van der Waals surface area (Å²) in [6.45, 7) is 2.86. The van der Waals surface area contributed by atoms with Crippen LogP contribution in [0.1, 0.15) is 13.3 Å². The Kier molecular flexibility index (Phi) is 5.04. The first-order chi connectivity index (χ1) is 7.76. The van der Waals surface area contributed by atoms with Gasteiger partial charge in [-0.15, -0.1) is 0 Å². The number of nitrogens with one attached hydrogen (secondary N) is 2. The monoisotopic (exact) mass is 224 g/mol. The Morgan fingerprint density at radius 2 is 2.12 bits per heavy atom. The molecule has 0 bridgehead atoms. The van der Waals surface area contributed by atoms with Crippen LogP contribution in [0.3, 0.4) is 0 Å². The van der Waals surface area contributed by atoms with Crippen molar-refractivity contribution in [2.45, 2.75) is 13.3 Å². The molecule has 0 spiro atoms. The third-order valence-electron chi connectivity index (χ3n) is 1.84. The van der Waals surface area contributed by atoms with E-state index in [4.69, 9.17) is 4.74 Å². The minimum absolute atomic E-state index is 0.0683. The van der Waals surface area contributed by atoms with E-state index in [1.807, 2.05) is 6.92 Å². The maximum Gasteiger partial charge on any atom is 0.239 e. The summed E-state index contributed by atoms with van der Waals surface area (Å²) in [5.74, 6) is 0.926. The second kappa shape index (κ2) is 6.60. The van der Waals surface area contributed by atoms with Crippen molar-refractivity contribution >= 4 is 11.9 Å². The first-order valence-corrected chi connectivity index (χ1v) is 5.13. The average Bonchev–Trinajstić information content (AvgIpc) is 2.34. The van der Waals surface area contributed by atoms with Crippen LogP contribution in [-0.2, 0) is 4.79 Å². The standard InChI is InChI=1S/C10H16N4O2/c1-3-4-11-9(15)7-14-10-12-5-8(16-2)6-13-10/h5-6H,3-4,7H2,1-2H3,(H,11,15)(H,12,13,14).